The van der Waals surface area contributed by atoms with Crippen LogP contribution in [-0.4, -0.2) is 41.0 Å². The molecular formula is C19H24N2O3. The van der Waals surface area contributed by atoms with E-state index >= 15 is 0 Å². The van der Waals surface area contributed by atoms with Crippen LogP contribution in [0, 0.1) is 5.92 Å². The van der Waals surface area contributed by atoms with Gasteiger partial charge in [-0.05, 0) is 56.9 Å². The summed E-state index contributed by atoms with van der Waals surface area (Å²) < 4.78 is 5.23. The van der Waals surface area contributed by atoms with Gasteiger partial charge in [-0.15, -0.1) is 0 Å². The number of ether oxygens (including phenoxy) is 1. The normalized spacial score (nSPS) is 18.1. The highest BCUT2D eigenvalue weighted by Crippen LogP contribution is 2.23. The number of carbonyl (C=O) groups excluding carboxylic acids is 2. The van der Waals surface area contributed by atoms with Gasteiger partial charge in [0.25, 0.3) is 5.91 Å². The van der Waals surface area contributed by atoms with Gasteiger partial charge in [0.15, 0.2) is 0 Å². The Kier molecular flexibility index (Phi) is 4.88. The predicted molar refractivity (Wildman–Crippen MR) is 92.8 cm³/mol. The third kappa shape index (κ3) is 3.78. The van der Waals surface area contributed by atoms with E-state index < -0.39 is 0 Å². The van der Waals surface area contributed by atoms with Crippen LogP contribution >= 0.6 is 0 Å². The molecule has 2 aromatic rings. The number of piperidine rings is 1. The largest absolute Gasteiger partial charge is 0.463 e. The van der Waals surface area contributed by atoms with Crippen LogP contribution in [0.3, 0.4) is 0 Å². The Morgan fingerprint density at radius 1 is 1.33 bits per heavy atom. The van der Waals surface area contributed by atoms with Crippen molar-refractivity contribution >= 4 is 22.8 Å². The highest BCUT2D eigenvalue weighted by molar-refractivity contribution is 5.98. The number of benzene rings is 1. The standard InChI is InChI=1S/C19H24N2O3/c1-13(2)24-18(22)10-14-4-3-9-21(12-14)19(23)16-5-6-17-15(11-16)7-8-20-17/h5-8,11,13-14,20H,3-4,9-10,12H2,1-2H3/t14-/m1/s1. The van der Waals surface area contributed by atoms with Crippen LogP contribution in [0.15, 0.2) is 30.5 Å². The summed E-state index contributed by atoms with van der Waals surface area (Å²) >= 11 is 0. The van der Waals surface area contributed by atoms with Crippen molar-refractivity contribution in [3.05, 3.63) is 36.0 Å². The fourth-order valence-corrected chi connectivity index (χ4v) is 3.33. The lowest BCUT2D eigenvalue weighted by Gasteiger charge is -2.32. The zero-order valence-electron chi connectivity index (χ0n) is 14.2. The topological polar surface area (TPSA) is 62.4 Å². The Hall–Kier alpha value is -2.30. The van der Waals surface area contributed by atoms with Gasteiger partial charge in [0, 0.05) is 35.8 Å². The quantitative estimate of drug-likeness (QED) is 0.875. The molecule has 1 aliphatic rings. The Bertz CT molecular complexity index is 735. The number of aromatic amines is 1. The first-order valence-corrected chi connectivity index (χ1v) is 8.59. The minimum absolute atomic E-state index is 0.0417. The van der Waals surface area contributed by atoms with Crippen LogP contribution in [-0.2, 0) is 9.53 Å². The molecule has 1 aromatic carbocycles. The Morgan fingerprint density at radius 2 is 2.17 bits per heavy atom. The van der Waals surface area contributed by atoms with E-state index in [4.69, 9.17) is 4.74 Å². The summed E-state index contributed by atoms with van der Waals surface area (Å²) in [6.07, 6.45) is 4.06. The fourth-order valence-electron chi connectivity index (χ4n) is 3.33. The first-order chi connectivity index (χ1) is 11.5. The van der Waals surface area contributed by atoms with Crippen molar-refractivity contribution in [2.24, 2.45) is 5.92 Å². The fraction of sp³-hybridized carbons (Fsp3) is 0.474. The molecule has 2 heterocycles. The maximum Gasteiger partial charge on any atom is 0.306 e. The number of likely N-dealkylation sites (tertiary alicyclic amines) is 1. The van der Waals surface area contributed by atoms with Gasteiger partial charge in [0.05, 0.1) is 12.5 Å². The molecule has 1 aromatic heterocycles. The molecule has 0 bridgehead atoms. The van der Waals surface area contributed by atoms with E-state index in [1.54, 1.807) is 0 Å². The lowest BCUT2D eigenvalue weighted by molar-refractivity contribution is -0.148. The smallest absolute Gasteiger partial charge is 0.306 e. The van der Waals surface area contributed by atoms with E-state index in [1.807, 2.05) is 49.2 Å². The molecule has 0 aliphatic carbocycles. The van der Waals surface area contributed by atoms with Gasteiger partial charge in [-0.3, -0.25) is 9.59 Å². The molecule has 5 heteroatoms. The molecule has 0 unspecified atom stereocenters. The summed E-state index contributed by atoms with van der Waals surface area (Å²) in [4.78, 5) is 29.6. The molecule has 5 nitrogen and oxygen atoms in total. The van der Waals surface area contributed by atoms with E-state index in [2.05, 4.69) is 4.98 Å². The number of carbonyl (C=O) groups is 2. The number of nitrogens with zero attached hydrogens (tertiary/aromatic N) is 1. The number of hydrogen-bond acceptors (Lipinski definition) is 3. The average molecular weight is 328 g/mol. The number of aromatic nitrogens is 1. The number of nitrogens with one attached hydrogen (secondary N) is 1. The van der Waals surface area contributed by atoms with Gasteiger partial charge in [-0.2, -0.15) is 0 Å². The molecule has 0 spiro atoms. The number of esters is 1. The molecule has 128 valence electrons. The molecule has 1 N–H and O–H groups in total. The molecule has 1 atom stereocenters. The van der Waals surface area contributed by atoms with Crippen LogP contribution in [0.5, 0.6) is 0 Å². The van der Waals surface area contributed by atoms with Gasteiger partial charge in [0.1, 0.15) is 0 Å². The molecule has 24 heavy (non-hydrogen) atoms. The molecule has 1 saturated heterocycles. The molecular weight excluding hydrogens is 304 g/mol. The van der Waals surface area contributed by atoms with Crippen LogP contribution in [0.1, 0.15) is 43.5 Å². The van der Waals surface area contributed by atoms with E-state index in [0.717, 1.165) is 30.3 Å². The van der Waals surface area contributed by atoms with E-state index in [9.17, 15) is 9.59 Å². The van der Waals surface area contributed by atoms with Crippen molar-refractivity contribution in [1.82, 2.24) is 9.88 Å². The van der Waals surface area contributed by atoms with Crippen molar-refractivity contribution in [3.8, 4) is 0 Å². The van der Waals surface area contributed by atoms with Crippen molar-refractivity contribution < 1.29 is 14.3 Å². The van der Waals surface area contributed by atoms with E-state index in [1.165, 1.54) is 0 Å². The van der Waals surface area contributed by atoms with Gasteiger partial charge in [-0.1, -0.05) is 0 Å². The third-order valence-corrected chi connectivity index (χ3v) is 4.43. The van der Waals surface area contributed by atoms with Crippen molar-refractivity contribution in [3.63, 3.8) is 0 Å². The first-order valence-electron chi connectivity index (χ1n) is 8.59. The van der Waals surface area contributed by atoms with Crippen molar-refractivity contribution in [1.29, 1.82) is 0 Å². The lowest BCUT2D eigenvalue weighted by atomic mass is 9.94. The second-order valence-corrected chi connectivity index (χ2v) is 6.78. The number of hydrogen-bond donors (Lipinski definition) is 1. The van der Waals surface area contributed by atoms with Crippen LogP contribution in [0.25, 0.3) is 10.9 Å². The number of fused-ring (bicyclic) bond motifs is 1. The second kappa shape index (κ2) is 7.07. The highest BCUT2D eigenvalue weighted by Gasteiger charge is 2.26. The summed E-state index contributed by atoms with van der Waals surface area (Å²) in [6.45, 7) is 5.08. The first kappa shape index (κ1) is 16.6. The van der Waals surface area contributed by atoms with Crippen LogP contribution < -0.4 is 0 Å². The molecule has 3 rings (SSSR count). The summed E-state index contributed by atoms with van der Waals surface area (Å²) in [6, 6.07) is 7.68. The summed E-state index contributed by atoms with van der Waals surface area (Å²) in [7, 11) is 0. The SMILES string of the molecule is CC(C)OC(=O)C[C@H]1CCCN(C(=O)c2ccc3[nH]ccc3c2)C1. The van der Waals surface area contributed by atoms with Crippen LogP contribution in [0.4, 0.5) is 0 Å². The molecule has 0 radical (unpaired) electrons. The zero-order valence-corrected chi connectivity index (χ0v) is 14.2. The molecule has 1 aliphatic heterocycles. The average Bonchev–Trinajstić information content (AvgIpc) is 3.01. The van der Waals surface area contributed by atoms with Gasteiger partial charge in [0.2, 0.25) is 0 Å². The molecule has 0 saturated carbocycles. The second-order valence-electron chi connectivity index (χ2n) is 6.78. The summed E-state index contributed by atoms with van der Waals surface area (Å²) in [5.41, 5.74) is 1.73. The molecule has 1 amide bonds. The number of amides is 1. The van der Waals surface area contributed by atoms with Crippen molar-refractivity contribution in [2.45, 2.75) is 39.2 Å². The van der Waals surface area contributed by atoms with Gasteiger partial charge in [-0.25, -0.2) is 0 Å². The summed E-state index contributed by atoms with van der Waals surface area (Å²) in [5.74, 6) is 0.0583. The van der Waals surface area contributed by atoms with Crippen LogP contribution in [0.2, 0.25) is 0 Å². The van der Waals surface area contributed by atoms with Gasteiger partial charge < -0.3 is 14.6 Å². The molecule has 1 fully saturated rings. The summed E-state index contributed by atoms with van der Waals surface area (Å²) in [5, 5.41) is 1.04. The lowest BCUT2D eigenvalue weighted by Crippen LogP contribution is -2.40. The van der Waals surface area contributed by atoms with E-state index in [-0.39, 0.29) is 23.9 Å². The van der Waals surface area contributed by atoms with Gasteiger partial charge >= 0.3 is 5.97 Å². The number of H-pyrrole nitrogens is 1. The maximum atomic E-state index is 12.8. The minimum Gasteiger partial charge on any atom is -0.463 e. The Labute approximate surface area is 142 Å². The monoisotopic (exact) mass is 328 g/mol. The van der Waals surface area contributed by atoms with E-state index in [0.29, 0.717) is 18.5 Å². The minimum atomic E-state index is -0.168. The Balaban J connectivity index is 1.65. The number of rotatable bonds is 4. The highest BCUT2D eigenvalue weighted by atomic mass is 16.5. The maximum absolute atomic E-state index is 12.8. The Morgan fingerprint density at radius 3 is 2.96 bits per heavy atom. The third-order valence-electron chi connectivity index (χ3n) is 4.43. The van der Waals surface area contributed by atoms with Crippen molar-refractivity contribution in [2.75, 3.05) is 13.1 Å². The predicted octanol–water partition coefficient (Wildman–Crippen LogP) is 3.36. The zero-order chi connectivity index (χ0) is 17.1.